The van der Waals surface area contributed by atoms with Crippen molar-refractivity contribution in [1.29, 1.82) is 0 Å². The number of hydrogen-bond acceptors (Lipinski definition) is 4. The highest BCUT2D eigenvalue weighted by Crippen LogP contribution is 2.31. The number of carbonyl (C=O) groups is 1. The molecular formula is C27H25FN4O. The first-order valence-corrected chi connectivity index (χ1v) is 11.1. The Morgan fingerprint density at radius 2 is 1.42 bits per heavy atom. The van der Waals surface area contributed by atoms with Gasteiger partial charge in [0.15, 0.2) is 5.82 Å². The maximum Gasteiger partial charge on any atom is 0.253 e. The van der Waals surface area contributed by atoms with E-state index in [2.05, 4.69) is 43.0 Å². The highest BCUT2D eigenvalue weighted by Gasteiger charge is 2.25. The number of amides is 1. The van der Waals surface area contributed by atoms with Gasteiger partial charge in [-0.25, -0.2) is 14.4 Å². The Morgan fingerprint density at radius 1 is 0.818 bits per heavy atom. The summed E-state index contributed by atoms with van der Waals surface area (Å²) in [6, 6.07) is 20.0. The molecule has 6 heteroatoms. The monoisotopic (exact) mass is 440 g/mol. The normalized spacial score (nSPS) is 14.0. The van der Waals surface area contributed by atoms with Crippen LogP contribution in [0.15, 0.2) is 66.7 Å². The molecule has 0 spiro atoms. The molecule has 33 heavy (non-hydrogen) atoms. The Bertz CT molecular complexity index is 1310. The van der Waals surface area contributed by atoms with Gasteiger partial charge in [-0.15, -0.1) is 0 Å². The zero-order valence-electron chi connectivity index (χ0n) is 18.8. The van der Waals surface area contributed by atoms with E-state index in [9.17, 15) is 9.18 Å². The maximum absolute atomic E-state index is 13.2. The van der Waals surface area contributed by atoms with Gasteiger partial charge in [0.05, 0.1) is 11.0 Å². The Hall–Kier alpha value is -3.80. The highest BCUT2D eigenvalue weighted by atomic mass is 19.1. The lowest BCUT2D eigenvalue weighted by atomic mass is 10.1. The SMILES string of the molecule is Cc1cc2nc(-c3ccccc3)c(N3CCN(C(=O)c4ccc(F)cc4)CC3)nc2cc1C. The topological polar surface area (TPSA) is 49.3 Å². The second-order valence-electron chi connectivity index (χ2n) is 8.47. The second-order valence-corrected chi connectivity index (χ2v) is 8.47. The minimum absolute atomic E-state index is 0.0753. The van der Waals surface area contributed by atoms with E-state index in [0.717, 1.165) is 28.1 Å². The predicted octanol–water partition coefficient (Wildman–Crippen LogP) is 5.02. The van der Waals surface area contributed by atoms with Crippen LogP contribution in [-0.2, 0) is 0 Å². The Kier molecular flexibility index (Phi) is 5.50. The van der Waals surface area contributed by atoms with Gasteiger partial charge < -0.3 is 9.80 Å². The van der Waals surface area contributed by atoms with Crippen LogP contribution in [0.3, 0.4) is 0 Å². The number of hydrogen-bond donors (Lipinski definition) is 0. The van der Waals surface area contributed by atoms with Crippen LogP contribution in [0, 0.1) is 19.7 Å². The van der Waals surface area contributed by atoms with Crippen LogP contribution < -0.4 is 4.90 Å². The Balaban J connectivity index is 1.46. The molecular weight excluding hydrogens is 415 g/mol. The number of piperazine rings is 1. The van der Waals surface area contributed by atoms with Crippen molar-refractivity contribution in [1.82, 2.24) is 14.9 Å². The quantitative estimate of drug-likeness (QED) is 0.449. The fraction of sp³-hybridized carbons (Fsp3) is 0.222. The number of aryl methyl sites for hydroxylation is 2. The van der Waals surface area contributed by atoms with Gasteiger partial charge in [0.25, 0.3) is 5.91 Å². The van der Waals surface area contributed by atoms with Crippen molar-refractivity contribution in [3.63, 3.8) is 0 Å². The molecule has 0 saturated carbocycles. The van der Waals surface area contributed by atoms with Crippen LogP contribution >= 0.6 is 0 Å². The lowest BCUT2D eigenvalue weighted by molar-refractivity contribution is 0.0746. The van der Waals surface area contributed by atoms with Crippen molar-refractivity contribution in [2.45, 2.75) is 13.8 Å². The van der Waals surface area contributed by atoms with E-state index in [1.165, 1.54) is 35.4 Å². The lowest BCUT2D eigenvalue weighted by Gasteiger charge is -2.36. The highest BCUT2D eigenvalue weighted by molar-refractivity contribution is 5.94. The first-order valence-electron chi connectivity index (χ1n) is 11.1. The van der Waals surface area contributed by atoms with Gasteiger partial charge >= 0.3 is 0 Å². The number of fused-ring (bicyclic) bond motifs is 1. The first kappa shape index (κ1) is 21.1. The average Bonchev–Trinajstić information content (AvgIpc) is 2.85. The van der Waals surface area contributed by atoms with Crippen LogP contribution in [-0.4, -0.2) is 47.0 Å². The van der Waals surface area contributed by atoms with Crippen molar-refractivity contribution < 1.29 is 9.18 Å². The van der Waals surface area contributed by atoms with Crippen LogP contribution in [0.4, 0.5) is 10.2 Å². The smallest absolute Gasteiger partial charge is 0.253 e. The minimum atomic E-state index is -0.342. The molecule has 1 saturated heterocycles. The van der Waals surface area contributed by atoms with E-state index in [1.807, 2.05) is 23.1 Å². The standard InChI is InChI=1S/C27H25FN4O/c1-18-16-23-24(17-19(18)2)30-26(25(29-23)20-6-4-3-5-7-20)31-12-14-32(15-13-31)27(33)21-8-10-22(28)11-9-21/h3-11,16-17H,12-15H2,1-2H3. The van der Waals surface area contributed by atoms with Gasteiger partial charge in [-0.1, -0.05) is 30.3 Å². The van der Waals surface area contributed by atoms with Crippen molar-refractivity contribution in [2.24, 2.45) is 0 Å². The largest absolute Gasteiger partial charge is 0.351 e. The zero-order chi connectivity index (χ0) is 22.9. The van der Waals surface area contributed by atoms with Crippen molar-refractivity contribution in [2.75, 3.05) is 31.1 Å². The summed E-state index contributed by atoms with van der Waals surface area (Å²) in [5.74, 6) is 0.421. The van der Waals surface area contributed by atoms with Crippen LogP contribution in [0.25, 0.3) is 22.3 Å². The number of carbonyl (C=O) groups excluding carboxylic acids is 1. The van der Waals surface area contributed by atoms with Gasteiger partial charge in [-0.3, -0.25) is 4.79 Å². The van der Waals surface area contributed by atoms with Crippen molar-refractivity contribution >= 4 is 22.8 Å². The Morgan fingerprint density at radius 3 is 2.06 bits per heavy atom. The van der Waals surface area contributed by atoms with E-state index in [4.69, 9.17) is 9.97 Å². The summed E-state index contributed by atoms with van der Waals surface area (Å²) in [5, 5.41) is 0. The van der Waals surface area contributed by atoms with Gasteiger partial charge in [0, 0.05) is 37.3 Å². The molecule has 0 atom stereocenters. The number of benzene rings is 3. The average molecular weight is 441 g/mol. The maximum atomic E-state index is 13.2. The molecule has 0 aliphatic carbocycles. The summed E-state index contributed by atoms with van der Waals surface area (Å²) in [7, 11) is 0. The molecule has 0 N–H and O–H groups in total. The molecule has 4 aromatic rings. The molecule has 166 valence electrons. The van der Waals surface area contributed by atoms with Crippen LogP contribution in [0.1, 0.15) is 21.5 Å². The molecule has 0 radical (unpaired) electrons. The van der Waals surface area contributed by atoms with Gasteiger partial charge in [0.2, 0.25) is 0 Å². The third kappa shape index (κ3) is 4.16. The third-order valence-corrected chi connectivity index (χ3v) is 6.27. The van der Waals surface area contributed by atoms with Crippen molar-refractivity contribution in [3.05, 3.63) is 89.2 Å². The minimum Gasteiger partial charge on any atom is -0.351 e. The molecule has 1 fully saturated rings. The van der Waals surface area contributed by atoms with E-state index < -0.39 is 0 Å². The summed E-state index contributed by atoms with van der Waals surface area (Å²) in [6.07, 6.45) is 0. The molecule has 3 aromatic carbocycles. The molecule has 1 aliphatic heterocycles. The number of rotatable bonds is 3. The molecule has 0 unspecified atom stereocenters. The second kappa shape index (κ2) is 8.62. The third-order valence-electron chi connectivity index (χ3n) is 6.27. The molecule has 5 nitrogen and oxygen atoms in total. The lowest BCUT2D eigenvalue weighted by Crippen LogP contribution is -2.49. The van der Waals surface area contributed by atoms with Gasteiger partial charge in [-0.05, 0) is 61.4 Å². The number of aromatic nitrogens is 2. The van der Waals surface area contributed by atoms with Gasteiger partial charge in [-0.2, -0.15) is 0 Å². The van der Waals surface area contributed by atoms with Crippen LogP contribution in [0.2, 0.25) is 0 Å². The van der Waals surface area contributed by atoms with E-state index in [-0.39, 0.29) is 11.7 Å². The van der Waals surface area contributed by atoms with E-state index in [1.54, 1.807) is 0 Å². The molecule has 1 aliphatic rings. The molecule has 2 heterocycles. The molecule has 5 rings (SSSR count). The number of halogens is 1. The summed E-state index contributed by atoms with van der Waals surface area (Å²) in [6.45, 7) is 6.61. The van der Waals surface area contributed by atoms with Crippen LogP contribution in [0.5, 0.6) is 0 Å². The van der Waals surface area contributed by atoms with Crippen molar-refractivity contribution in [3.8, 4) is 11.3 Å². The molecule has 0 bridgehead atoms. The van der Waals surface area contributed by atoms with E-state index >= 15 is 0 Å². The predicted molar refractivity (Wildman–Crippen MR) is 129 cm³/mol. The summed E-state index contributed by atoms with van der Waals surface area (Å²) >= 11 is 0. The number of anilines is 1. The first-order chi connectivity index (χ1) is 16.0. The Labute approximate surface area is 192 Å². The molecule has 1 aromatic heterocycles. The summed E-state index contributed by atoms with van der Waals surface area (Å²) in [5.41, 5.74) is 6.51. The summed E-state index contributed by atoms with van der Waals surface area (Å²) < 4.78 is 13.2. The van der Waals surface area contributed by atoms with Gasteiger partial charge in [0.1, 0.15) is 11.5 Å². The molecule has 1 amide bonds. The fourth-order valence-corrected chi connectivity index (χ4v) is 4.21. The fourth-order valence-electron chi connectivity index (χ4n) is 4.21. The zero-order valence-corrected chi connectivity index (χ0v) is 18.8. The summed E-state index contributed by atoms with van der Waals surface area (Å²) in [4.78, 5) is 26.9. The van der Waals surface area contributed by atoms with E-state index in [0.29, 0.717) is 31.7 Å². The number of nitrogens with zero attached hydrogens (tertiary/aromatic N) is 4.